The maximum atomic E-state index is 5.50. The molecule has 0 radical (unpaired) electrons. The molecule has 0 saturated carbocycles. The van der Waals surface area contributed by atoms with Crippen LogP contribution in [-0.4, -0.2) is 24.0 Å². The zero-order valence-corrected chi connectivity index (χ0v) is 11.0. The van der Waals surface area contributed by atoms with Gasteiger partial charge in [-0.25, -0.2) is 0 Å². The molecular weight excluding hydrogens is 212 g/mol. The van der Waals surface area contributed by atoms with E-state index in [4.69, 9.17) is 10.8 Å². The van der Waals surface area contributed by atoms with E-state index >= 15 is 0 Å². The van der Waals surface area contributed by atoms with Gasteiger partial charge in [-0.3, -0.25) is 4.90 Å². The summed E-state index contributed by atoms with van der Waals surface area (Å²) in [5.74, 6) is 3.69. The average Bonchev–Trinajstić information content (AvgIpc) is 2.73. The van der Waals surface area contributed by atoms with Crippen LogP contribution in [0.3, 0.4) is 0 Å². The third-order valence-electron chi connectivity index (χ3n) is 2.66. The summed E-state index contributed by atoms with van der Waals surface area (Å²) in [6, 6.07) is 2.48. The number of rotatable bonds is 7. The molecule has 94 valence electrons. The Bertz CT molecular complexity index is 363. The fourth-order valence-corrected chi connectivity index (χ4v) is 1.61. The molecule has 0 unspecified atom stereocenters. The summed E-state index contributed by atoms with van der Waals surface area (Å²) < 4.78 is 5.50. The van der Waals surface area contributed by atoms with Crippen LogP contribution >= 0.6 is 0 Å². The van der Waals surface area contributed by atoms with Gasteiger partial charge in [0.2, 0.25) is 0 Å². The first-order valence-electron chi connectivity index (χ1n) is 6.11. The van der Waals surface area contributed by atoms with Gasteiger partial charge in [-0.05, 0) is 12.6 Å². The average molecular weight is 234 g/mol. The molecule has 0 amide bonds. The molecule has 1 N–H and O–H groups in total. The Morgan fingerprint density at radius 3 is 2.88 bits per heavy atom. The van der Waals surface area contributed by atoms with E-state index in [2.05, 4.69) is 36.9 Å². The Morgan fingerprint density at radius 1 is 1.53 bits per heavy atom. The fraction of sp³-hybridized carbons (Fsp3) is 0.571. The Balaban J connectivity index is 2.58. The largest absolute Gasteiger partial charge is 0.468 e. The van der Waals surface area contributed by atoms with Crippen molar-refractivity contribution in [1.82, 2.24) is 10.2 Å². The van der Waals surface area contributed by atoms with Gasteiger partial charge in [0.1, 0.15) is 5.76 Å². The van der Waals surface area contributed by atoms with Crippen molar-refractivity contribution >= 4 is 0 Å². The molecule has 0 fully saturated rings. The van der Waals surface area contributed by atoms with Crippen molar-refractivity contribution in [1.29, 1.82) is 0 Å². The van der Waals surface area contributed by atoms with E-state index < -0.39 is 0 Å². The zero-order chi connectivity index (χ0) is 12.7. The van der Waals surface area contributed by atoms with Gasteiger partial charge in [-0.1, -0.05) is 26.7 Å². The minimum absolute atomic E-state index is 0.459. The summed E-state index contributed by atoms with van der Waals surface area (Å²) >= 11 is 0. The molecule has 1 aromatic heterocycles. The molecule has 0 aromatic carbocycles. The van der Waals surface area contributed by atoms with Gasteiger partial charge in [0.15, 0.2) is 0 Å². The molecule has 1 rings (SSSR count). The van der Waals surface area contributed by atoms with E-state index in [0.717, 1.165) is 25.4 Å². The Hall–Kier alpha value is -1.24. The normalized spacial score (nSPS) is 11.1. The van der Waals surface area contributed by atoms with E-state index in [0.29, 0.717) is 12.6 Å². The van der Waals surface area contributed by atoms with Crippen molar-refractivity contribution in [3.8, 4) is 12.3 Å². The lowest BCUT2D eigenvalue weighted by Crippen LogP contribution is -2.25. The molecule has 0 saturated heterocycles. The van der Waals surface area contributed by atoms with Crippen LogP contribution in [0.25, 0.3) is 0 Å². The topological polar surface area (TPSA) is 28.4 Å². The van der Waals surface area contributed by atoms with Gasteiger partial charge in [-0.2, -0.15) is 0 Å². The third kappa shape index (κ3) is 4.64. The fourth-order valence-electron chi connectivity index (χ4n) is 1.61. The molecule has 0 spiro atoms. The maximum absolute atomic E-state index is 5.50. The van der Waals surface area contributed by atoms with Gasteiger partial charge in [0.05, 0.1) is 19.4 Å². The number of nitrogens with zero attached hydrogens (tertiary/aromatic N) is 1. The van der Waals surface area contributed by atoms with Gasteiger partial charge < -0.3 is 9.73 Å². The van der Waals surface area contributed by atoms with Crippen molar-refractivity contribution in [2.45, 2.75) is 39.9 Å². The second kappa shape index (κ2) is 7.16. The summed E-state index contributed by atoms with van der Waals surface area (Å²) in [7, 11) is 0. The second-order valence-corrected chi connectivity index (χ2v) is 4.41. The number of hydrogen-bond acceptors (Lipinski definition) is 3. The maximum Gasteiger partial charge on any atom is 0.122 e. The number of terminal acetylenes is 1. The highest BCUT2D eigenvalue weighted by molar-refractivity contribution is 5.17. The van der Waals surface area contributed by atoms with Gasteiger partial charge in [-0.15, -0.1) is 6.42 Å². The molecule has 0 aliphatic heterocycles. The first-order chi connectivity index (χ1) is 8.17. The molecule has 3 heteroatoms. The summed E-state index contributed by atoms with van der Waals surface area (Å²) in [5, 5.41) is 3.36. The predicted octanol–water partition coefficient (Wildman–Crippen LogP) is 2.23. The van der Waals surface area contributed by atoms with Crippen LogP contribution in [0, 0.1) is 12.3 Å². The molecule has 1 aromatic rings. The zero-order valence-electron chi connectivity index (χ0n) is 11.0. The van der Waals surface area contributed by atoms with Gasteiger partial charge in [0, 0.05) is 18.2 Å². The minimum Gasteiger partial charge on any atom is -0.468 e. The lowest BCUT2D eigenvalue weighted by molar-refractivity contribution is 0.311. The lowest BCUT2D eigenvalue weighted by atomic mass is 10.2. The van der Waals surface area contributed by atoms with Crippen LogP contribution in [0.4, 0.5) is 0 Å². The van der Waals surface area contributed by atoms with E-state index in [9.17, 15) is 0 Å². The van der Waals surface area contributed by atoms with Crippen molar-refractivity contribution in [3.63, 3.8) is 0 Å². The molecule has 1 heterocycles. The molecule has 17 heavy (non-hydrogen) atoms. The van der Waals surface area contributed by atoms with Crippen LogP contribution in [0.15, 0.2) is 16.7 Å². The van der Waals surface area contributed by atoms with Crippen LogP contribution in [0.5, 0.6) is 0 Å². The van der Waals surface area contributed by atoms with Crippen LogP contribution in [-0.2, 0) is 13.1 Å². The first-order valence-corrected chi connectivity index (χ1v) is 6.11. The summed E-state index contributed by atoms with van der Waals surface area (Å²) in [5.41, 5.74) is 1.22. The lowest BCUT2D eigenvalue weighted by Gasteiger charge is -2.17. The highest BCUT2D eigenvalue weighted by Crippen LogP contribution is 2.13. The predicted molar refractivity (Wildman–Crippen MR) is 70.5 cm³/mol. The highest BCUT2D eigenvalue weighted by Gasteiger charge is 2.10. The molecular formula is C14H22N2O. The van der Waals surface area contributed by atoms with Gasteiger partial charge >= 0.3 is 0 Å². The summed E-state index contributed by atoms with van der Waals surface area (Å²) in [6.07, 6.45) is 7.09. The van der Waals surface area contributed by atoms with Crippen LogP contribution in [0.2, 0.25) is 0 Å². The van der Waals surface area contributed by atoms with E-state index in [1.165, 1.54) is 5.56 Å². The van der Waals surface area contributed by atoms with Crippen LogP contribution < -0.4 is 5.32 Å². The summed E-state index contributed by atoms with van der Waals surface area (Å²) in [4.78, 5) is 2.21. The quantitative estimate of drug-likeness (QED) is 0.733. The standard InChI is InChI=1S/C14H22N2O/c1-5-8-16(6-2)11-13-7-9-17-14(13)10-15-12(3)4/h1,7,9,12,15H,6,8,10-11H2,2-4H3. The minimum atomic E-state index is 0.459. The molecule has 0 bridgehead atoms. The number of hydrogen-bond donors (Lipinski definition) is 1. The van der Waals surface area contributed by atoms with Crippen molar-refractivity contribution in [2.75, 3.05) is 13.1 Å². The second-order valence-electron chi connectivity index (χ2n) is 4.41. The van der Waals surface area contributed by atoms with Crippen LogP contribution in [0.1, 0.15) is 32.1 Å². The van der Waals surface area contributed by atoms with Crippen molar-refractivity contribution in [3.05, 3.63) is 23.7 Å². The monoisotopic (exact) mass is 234 g/mol. The van der Waals surface area contributed by atoms with Crippen molar-refractivity contribution in [2.24, 2.45) is 0 Å². The van der Waals surface area contributed by atoms with E-state index in [-0.39, 0.29) is 0 Å². The van der Waals surface area contributed by atoms with Gasteiger partial charge in [0.25, 0.3) is 0 Å². The van der Waals surface area contributed by atoms with E-state index in [1.807, 2.05) is 6.07 Å². The molecule has 0 aliphatic rings. The first kappa shape index (κ1) is 13.8. The smallest absolute Gasteiger partial charge is 0.122 e. The highest BCUT2D eigenvalue weighted by atomic mass is 16.3. The SMILES string of the molecule is C#CCN(CC)Cc1ccoc1CNC(C)C. The van der Waals surface area contributed by atoms with E-state index in [1.54, 1.807) is 6.26 Å². The third-order valence-corrected chi connectivity index (χ3v) is 2.66. The molecule has 0 aliphatic carbocycles. The Labute approximate surface area is 104 Å². The Morgan fingerprint density at radius 2 is 2.29 bits per heavy atom. The molecule has 0 atom stereocenters. The number of furan rings is 1. The molecule has 3 nitrogen and oxygen atoms in total. The van der Waals surface area contributed by atoms with Crippen molar-refractivity contribution < 1.29 is 4.42 Å². The Kier molecular flexibility index (Phi) is 5.82. The number of nitrogens with one attached hydrogen (secondary N) is 1. The summed E-state index contributed by atoms with van der Waals surface area (Å²) in [6.45, 7) is 9.62.